The summed E-state index contributed by atoms with van der Waals surface area (Å²) in [6.07, 6.45) is 0. The molecule has 1 saturated heterocycles. The molecule has 0 radical (unpaired) electrons. The minimum Gasteiger partial charge on any atom is -0.355 e. The lowest BCUT2D eigenvalue weighted by Crippen LogP contribution is -2.50. The van der Waals surface area contributed by atoms with E-state index in [2.05, 4.69) is 32.7 Å². The standard InChI is InChI=1S/C15H21N3OS/c1-4-5-14-12-17-10-11-18(14)13-6-8-15(9-7-13)20(3,19)16-2/h6-9,14,17H,3,10-12H2,1-2H3,(H,16,19). The SMILES string of the molecule is C=S(=O)(NC)c1ccc(N2CCNCC2C#CC)cc1. The van der Waals surface area contributed by atoms with Crippen LogP contribution in [-0.4, -0.2) is 42.8 Å². The van der Waals surface area contributed by atoms with Gasteiger partial charge in [-0.2, -0.15) is 0 Å². The summed E-state index contributed by atoms with van der Waals surface area (Å²) in [6.45, 7) is 4.60. The molecule has 108 valence electrons. The van der Waals surface area contributed by atoms with Gasteiger partial charge in [0.05, 0.1) is 9.71 Å². The molecule has 0 amide bonds. The number of benzene rings is 1. The normalized spacial score (nSPS) is 21.7. The molecule has 2 atom stereocenters. The number of nitrogens with zero attached hydrogens (tertiary/aromatic N) is 1. The van der Waals surface area contributed by atoms with Crippen molar-refractivity contribution in [2.45, 2.75) is 17.9 Å². The Bertz CT molecular complexity index is 611. The second kappa shape index (κ2) is 6.31. The Morgan fingerprint density at radius 3 is 2.75 bits per heavy atom. The molecular formula is C15H21N3OS. The van der Waals surface area contributed by atoms with Crippen LogP contribution in [0.25, 0.3) is 0 Å². The first-order valence-corrected chi connectivity index (χ1v) is 8.36. The Morgan fingerprint density at radius 1 is 1.45 bits per heavy atom. The number of hydrogen-bond donors (Lipinski definition) is 2. The van der Waals surface area contributed by atoms with Gasteiger partial charge in [0.2, 0.25) is 0 Å². The van der Waals surface area contributed by atoms with Crippen LogP contribution in [0.15, 0.2) is 29.2 Å². The van der Waals surface area contributed by atoms with Crippen LogP contribution in [0.3, 0.4) is 0 Å². The monoisotopic (exact) mass is 291 g/mol. The molecule has 0 spiro atoms. The molecule has 2 rings (SSSR count). The van der Waals surface area contributed by atoms with Crippen molar-refractivity contribution in [3.63, 3.8) is 0 Å². The van der Waals surface area contributed by atoms with E-state index in [0.29, 0.717) is 0 Å². The maximum atomic E-state index is 12.1. The molecule has 1 fully saturated rings. The van der Waals surface area contributed by atoms with E-state index in [1.54, 1.807) is 7.05 Å². The van der Waals surface area contributed by atoms with E-state index in [1.165, 1.54) is 0 Å². The van der Waals surface area contributed by atoms with E-state index in [0.717, 1.165) is 30.2 Å². The van der Waals surface area contributed by atoms with Crippen molar-refractivity contribution in [3.8, 4) is 11.8 Å². The molecule has 0 aromatic heterocycles. The molecule has 0 saturated carbocycles. The first kappa shape index (κ1) is 14.9. The molecule has 0 aliphatic carbocycles. The summed E-state index contributed by atoms with van der Waals surface area (Å²) >= 11 is 0. The lowest BCUT2D eigenvalue weighted by atomic mass is 10.1. The van der Waals surface area contributed by atoms with Gasteiger partial charge in [0.25, 0.3) is 0 Å². The van der Waals surface area contributed by atoms with Gasteiger partial charge in [-0.3, -0.25) is 0 Å². The minimum atomic E-state index is -2.38. The predicted octanol–water partition coefficient (Wildman–Crippen LogP) is 0.698. The van der Waals surface area contributed by atoms with Gasteiger partial charge in [-0.25, -0.2) is 8.93 Å². The van der Waals surface area contributed by atoms with Crippen LogP contribution in [0.4, 0.5) is 5.69 Å². The molecule has 1 aliphatic heterocycles. The molecule has 2 unspecified atom stereocenters. The molecule has 20 heavy (non-hydrogen) atoms. The zero-order valence-electron chi connectivity index (χ0n) is 12.0. The molecule has 1 aromatic carbocycles. The summed E-state index contributed by atoms with van der Waals surface area (Å²) in [4.78, 5) is 3.00. The van der Waals surface area contributed by atoms with E-state index in [-0.39, 0.29) is 6.04 Å². The average molecular weight is 291 g/mol. The fourth-order valence-corrected chi connectivity index (χ4v) is 3.10. The molecule has 2 N–H and O–H groups in total. The predicted molar refractivity (Wildman–Crippen MR) is 86.5 cm³/mol. The zero-order chi connectivity index (χ0) is 14.6. The van der Waals surface area contributed by atoms with Crippen molar-refractivity contribution in [2.24, 2.45) is 0 Å². The van der Waals surface area contributed by atoms with Gasteiger partial charge in [-0.05, 0) is 44.1 Å². The largest absolute Gasteiger partial charge is 0.355 e. The molecule has 1 aliphatic rings. The van der Waals surface area contributed by atoms with E-state index < -0.39 is 9.71 Å². The number of hydrogen-bond acceptors (Lipinski definition) is 3. The fraction of sp³-hybridized carbons (Fsp3) is 0.400. The van der Waals surface area contributed by atoms with Crippen molar-refractivity contribution < 1.29 is 4.21 Å². The van der Waals surface area contributed by atoms with E-state index >= 15 is 0 Å². The van der Waals surface area contributed by atoms with Crippen molar-refractivity contribution in [2.75, 3.05) is 31.6 Å². The third-order valence-electron chi connectivity index (χ3n) is 3.43. The second-order valence-electron chi connectivity index (χ2n) is 4.68. The highest BCUT2D eigenvalue weighted by Gasteiger charge is 2.20. The summed E-state index contributed by atoms with van der Waals surface area (Å²) in [5, 5.41) is 3.35. The lowest BCUT2D eigenvalue weighted by molar-refractivity contribution is 0.538. The van der Waals surface area contributed by atoms with Gasteiger partial charge in [-0.1, -0.05) is 5.92 Å². The molecular weight excluding hydrogens is 270 g/mol. The highest BCUT2D eigenvalue weighted by atomic mass is 32.2. The Morgan fingerprint density at radius 2 is 2.15 bits per heavy atom. The zero-order valence-corrected chi connectivity index (χ0v) is 12.8. The van der Waals surface area contributed by atoms with Gasteiger partial charge in [0.1, 0.15) is 6.04 Å². The Labute approximate surface area is 121 Å². The summed E-state index contributed by atoms with van der Waals surface area (Å²) in [6, 6.07) is 7.92. The van der Waals surface area contributed by atoms with Crippen molar-refractivity contribution >= 4 is 21.3 Å². The molecule has 4 nitrogen and oxygen atoms in total. The highest BCUT2D eigenvalue weighted by molar-refractivity contribution is 7.98. The van der Waals surface area contributed by atoms with Gasteiger partial charge in [0, 0.05) is 30.2 Å². The first-order valence-electron chi connectivity index (χ1n) is 6.64. The quantitative estimate of drug-likeness (QED) is 0.636. The Balaban J connectivity index is 2.26. The summed E-state index contributed by atoms with van der Waals surface area (Å²) < 4.78 is 14.9. The van der Waals surface area contributed by atoms with Crippen LogP contribution in [0, 0.1) is 11.8 Å². The van der Waals surface area contributed by atoms with Gasteiger partial charge < -0.3 is 10.2 Å². The highest BCUT2D eigenvalue weighted by Crippen LogP contribution is 2.20. The van der Waals surface area contributed by atoms with Gasteiger partial charge >= 0.3 is 0 Å². The van der Waals surface area contributed by atoms with Gasteiger partial charge in [-0.15, -0.1) is 5.92 Å². The summed E-state index contributed by atoms with van der Waals surface area (Å²) in [5.41, 5.74) is 1.11. The van der Waals surface area contributed by atoms with E-state index in [1.807, 2.05) is 31.2 Å². The third kappa shape index (κ3) is 3.15. The third-order valence-corrected chi connectivity index (χ3v) is 5.13. The number of rotatable bonds is 3. The Kier molecular flexibility index (Phi) is 4.71. The number of piperazine rings is 1. The van der Waals surface area contributed by atoms with Crippen molar-refractivity contribution in [1.29, 1.82) is 0 Å². The van der Waals surface area contributed by atoms with Crippen molar-refractivity contribution in [3.05, 3.63) is 24.3 Å². The maximum Gasteiger partial charge on any atom is 0.103 e. The van der Waals surface area contributed by atoms with Crippen molar-refractivity contribution in [1.82, 2.24) is 10.0 Å². The van der Waals surface area contributed by atoms with Crippen LogP contribution in [0.1, 0.15) is 6.92 Å². The first-order chi connectivity index (χ1) is 9.58. The van der Waals surface area contributed by atoms with Crippen LogP contribution in [-0.2, 0) is 9.71 Å². The molecule has 0 bridgehead atoms. The molecule has 5 heteroatoms. The number of nitrogens with one attached hydrogen (secondary N) is 2. The number of anilines is 1. The summed E-state index contributed by atoms with van der Waals surface area (Å²) in [7, 11) is -0.719. The average Bonchev–Trinajstić information content (AvgIpc) is 2.48. The Hall–Kier alpha value is -1.48. The fourth-order valence-electron chi connectivity index (χ4n) is 2.28. The second-order valence-corrected chi connectivity index (χ2v) is 6.91. The van der Waals surface area contributed by atoms with E-state index in [9.17, 15) is 4.21 Å². The lowest BCUT2D eigenvalue weighted by Gasteiger charge is -2.35. The van der Waals surface area contributed by atoms with Gasteiger partial charge in [0.15, 0.2) is 0 Å². The maximum absolute atomic E-state index is 12.1. The summed E-state index contributed by atoms with van der Waals surface area (Å²) in [5.74, 6) is 9.92. The van der Waals surface area contributed by atoms with Crippen LogP contribution in [0.2, 0.25) is 0 Å². The smallest absolute Gasteiger partial charge is 0.103 e. The topological polar surface area (TPSA) is 44.4 Å². The minimum absolute atomic E-state index is 0.188. The van der Waals surface area contributed by atoms with Crippen LogP contribution in [0.5, 0.6) is 0 Å². The van der Waals surface area contributed by atoms with E-state index in [4.69, 9.17) is 0 Å². The molecule has 1 aromatic rings. The van der Waals surface area contributed by atoms with Crippen LogP contribution >= 0.6 is 0 Å². The molecule has 1 heterocycles. The van der Waals surface area contributed by atoms with Crippen LogP contribution < -0.4 is 14.9 Å².